The number of nitrogens with one attached hydrogen (secondary N) is 1. The van der Waals surface area contributed by atoms with Gasteiger partial charge in [-0.15, -0.1) is 0 Å². The van der Waals surface area contributed by atoms with Crippen LogP contribution in [0.15, 0.2) is 41.7 Å². The molecule has 40 heavy (non-hydrogen) atoms. The number of likely N-dealkylation sites (tertiary alicyclic amines) is 2. The second-order valence-corrected chi connectivity index (χ2v) is 12.4. The molecule has 1 aromatic carbocycles. The van der Waals surface area contributed by atoms with Crippen molar-refractivity contribution in [2.45, 2.75) is 90.5 Å². The van der Waals surface area contributed by atoms with Crippen molar-refractivity contribution in [2.75, 3.05) is 13.1 Å². The molecule has 10 nitrogen and oxygen atoms in total. The molecule has 3 N–H and O–H groups in total. The minimum absolute atomic E-state index is 0.109. The van der Waals surface area contributed by atoms with Crippen LogP contribution in [0.25, 0.3) is 17.0 Å². The summed E-state index contributed by atoms with van der Waals surface area (Å²) in [5, 5.41) is 0. The van der Waals surface area contributed by atoms with E-state index in [2.05, 4.69) is 15.0 Å². The van der Waals surface area contributed by atoms with Gasteiger partial charge in [-0.05, 0) is 78.4 Å². The number of hydrogen-bond acceptors (Lipinski definition) is 7. The monoisotopic (exact) mass is 550 g/mol. The highest BCUT2D eigenvalue weighted by Gasteiger charge is 2.35. The number of nitrogens with two attached hydrogens (primary N) is 1. The Morgan fingerprint density at radius 3 is 2.23 bits per heavy atom. The predicted octanol–water partition coefficient (Wildman–Crippen LogP) is 5.88. The maximum atomic E-state index is 12.7. The number of imidazole rings is 1. The Labute approximate surface area is 236 Å². The number of ether oxygens (including phenoxy) is 2. The highest BCUT2D eigenvalue weighted by atomic mass is 16.6. The standard InChI is InChI=1S/C30H42N6O4/c1-29(2,3)39-27(37)35-15-7-9-22(35)17-32-18-23(31)20-11-13-21(14-12-20)24-19-33-26(34-24)25-10-8-16-36(25)28(38)40-30(4,5)6/h11-14,17-19,22,25H,7-10,15-16,31H2,1-6H3,(H,33,34)/b23-18-,32-17+/t22?,25-/m0/s1. The van der Waals surface area contributed by atoms with E-state index in [1.807, 2.05) is 65.8 Å². The average Bonchev–Trinajstić information content (AvgIpc) is 3.62. The van der Waals surface area contributed by atoms with Gasteiger partial charge in [0.15, 0.2) is 0 Å². The zero-order valence-electron chi connectivity index (χ0n) is 24.4. The third kappa shape index (κ3) is 7.43. The number of carbonyl (C=O) groups excluding carboxylic acids is 2. The summed E-state index contributed by atoms with van der Waals surface area (Å²) in [4.78, 5) is 41.0. The molecule has 1 unspecified atom stereocenters. The van der Waals surface area contributed by atoms with Crippen molar-refractivity contribution >= 4 is 24.1 Å². The Hall–Kier alpha value is -3.82. The molecular formula is C30H42N6O4. The number of benzene rings is 1. The molecule has 1 aromatic heterocycles. The van der Waals surface area contributed by atoms with Crippen LogP contribution in [0.4, 0.5) is 9.59 Å². The highest BCUT2D eigenvalue weighted by Crippen LogP contribution is 2.33. The molecule has 0 radical (unpaired) electrons. The lowest BCUT2D eigenvalue weighted by Crippen LogP contribution is -2.40. The van der Waals surface area contributed by atoms with Crippen molar-refractivity contribution in [2.24, 2.45) is 10.7 Å². The number of aliphatic imine (C=N–C) groups is 1. The molecule has 2 fully saturated rings. The van der Waals surface area contributed by atoms with Crippen LogP contribution < -0.4 is 5.73 Å². The molecule has 2 atom stereocenters. The molecule has 0 spiro atoms. The Morgan fingerprint density at radius 1 is 0.975 bits per heavy atom. The van der Waals surface area contributed by atoms with Gasteiger partial charge in [0.1, 0.15) is 17.0 Å². The van der Waals surface area contributed by atoms with E-state index in [0.717, 1.165) is 48.3 Å². The second-order valence-electron chi connectivity index (χ2n) is 12.4. The molecule has 0 saturated carbocycles. The van der Waals surface area contributed by atoms with Gasteiger partial charge in [0, 0.05) is 19.3 Å². The molecule has 216 valence electrons. The smallest absolute Gasteiger partial charge is 0.410 e. The van der Waals surface area contributed by atoms with Crippen molar-refractivity contribution < 1.29 is 19.1 Å². The fourth-order valence-electron chi connectivity index (χ4n) is 4.88. The minimum Gasteiger partial charge on any atom is -0.444 e. The maximum absolute atomic E-state index is 12.7. The molecule has 2 aromatic rings. The zero-order chi connectivity index (χ0) is 29.1. The molecular weight excluding hydrogens is 508 g/mol. The van der Waals surface area contributed by atoms with E-state index in [9.17, 15) is 9.59 Å². The summed E-state index contributed by atoms with van der Waals surface area (Å²) in [6.45, 7) is 12.5. The largest absolute Gasteiger partial charge is 0.444 e. The van der Waals surface area contributed by atoms with Gasteiger partial charge in [0.2, 0.25) is 0 Å². The summed E-state index contributed by atoms with van der Waals surface area (Å²) >= 11 is 0. The lowest BCUT2D eigenvalue weighted by atomic mass is 10.1. The van der Waals surface area contributed by atoms with Crippen molar-refractivity contribution in [3.63, 3.8) is 0 Å². The highest BCUT2D eigenvalue weighted by molar-refractivity contribution is 5.77. The zero-order valence-corrected chi connectivity index (χ0v) is 24.4. The lowest BCUT2D eigenvalue weighted by molar-refractivity contribution is 0.0216. The lowest BCUT2D eigenvalue weighted by Gasteiger charge is -2.27. The van der Waals surface area contributed by atoms with E-state index in [1.165, 1.54) is 0 Å². The van der Waals surface area contributed by atoms with Gasteiger partial charge < -0.3 is 25.1 Å². The van der Waals surface area contributed by atoms with Crippen LogP contribution in [0, 0.1) is 0 Å². The number of carbonyl (C=O) groups is 2. The number of amides is 2. The van der Waals surface area contributed by atoms with Crippen LogP contribution in [0.2, 0.25) is 0 Å². The molecule has 0 aliphatic carbocycles. The molecule has 2 saturated heterocycles. The van der Waals surface area contributed by atoms with Gasteiger partial charge in [-0.3, -0.25) is 9.89 Å². The minimum atomic E-state index is -0.543. The van der Waals surface area contributed by atoms with Crippen molar-refractivity contribution in [1.29, 1.82) is 0 Å². The van der Waals surface area contributed by atoms with Gasteiger partial charge in [-0.1, -0.05) is 24.3 Å². The van der Waals surface area contributed by atoms with Gasteiger partial charge >= 0.3 is 12.2 Å². The number of H-pyrrole nitrogens is 1. The average molecular weight is 551 g/mol. The second kappa shape index (κ2) is 11.7. The number of hydrogen-bond donors (Lipinski definition) is 2. The third-order valence-electron chi connectivity index (χ3n) is 6.72. The molecule has 3 heterocycles. The summed E-state index contributed by atoms with van der Waals surface area (Å²) in [5.41, 5.74) is 8.39. The quantitative estimate of drug-likeness (QED) is 0.448. The summed E-state index contributed by atoms with van der Waals surface area (Å²) in [7, 11) is 0. The number of aromatic amines is 1. The van der Waals surface area contributed by atoms with Gasteiger partial charge in [0.05, 0.1) is 35.9 Å². The summed E-state index contributed by atoms with van der Waals surface area (Å²) < 4.78 is 11.1. The van der Waals surface area contributed by atoms with Crippen LogP contribution in [0.3, 0.4) is 0 Å². The first-order valence-corrected chi connectivity index (χ1v) is 13.9. The topological polar surface area (TPSA) is 126 Å². The Morgan fingerprint density at radius 2 is 1.57 bits per heavy atom. The van der Waals surface area contributed by atoms with Crippen LogP contribution in [0.5, 0.6) is 0 Å². The fraction of sp³-hybridized carbons (Fsp3) is 0.533. The van der Waals surface area contributed by atoms with E-state index in [1.54, 1.807) is 28.4 Å². The van der Waals surface area contributed by atoms with Crippen LogP contribution in [-0.2, 0) is 9.47 Å². The summed E-state index contributed by atoms with van der Waals surface area (Å²) in [5.74, 6) is 0.753. The van der Waals surface area contributed by atoms with E-state index in [-0.39, 0.29) is 24.3 Å². The number of nitrogens with zero attached hydrogens (tertiary/aromatic N) is 4. The third-order valence-corrected chi connectivity index (χ3v) is 6.72. The van der Waals surface area contributed by atoms with Crippen molar-refractivity contribution in [1.82, 2.24) is 19.8 Å². The number of rotatable bonds is 5. The first-order valence-electron chi connectivity index (χ1n) is 13.9. The Balaban J connectivity index is 1.39. The molecule has 4 rings (SSSR count). The number of aromatic nitrogens is 2. The van der Waals surface area contributed by atoms with Gasteiger partial charge in [-0.2, -0.15) is 0 Å². The SMILES string of the molecule is CC(C)(C)OC(=O)N1CCCC1/C=N/C=C(\N)c1ccc(-c2cnc([C@@H]3CCCN3C(=O)OC(C)(C)C)[nH]2)cc1. The van der Waals surface area contributed by atoms with E-state index in [4.69, 9.17) is 15.2 Å². The first kappa shape index (κ1) is 29.2. The van der Waals surface area contributed by atoms with E-state index in [0.29, 0.717) is 18.8 Å². The van der Waals surface area contributed by atoms with Crippen LogP contribution >= 0.6 is 0 Å². The van der Waals surface area contributed by atoms with Crippen molar-refractivity contribution in [3.05, 3.63) is 48.1 Å². The molecule has 0 bridgehead atoms. The maximum Gasteiger partial charge on any atom is 0.410 e. The van der Waals surface area contributed by atoms with E-state index < -0.39 is 11.2 Å². The van der Waals surface area contributed by atoms with E-state index >= 15 is 0 Å². The summed E-state index contributed by atoms with van der Waals surface area (Å²) in [6, 6.07) is 7.56. The first-order chi connectivity index (χ1) is 18.8. The van der Waals surface area contributed by atoms with Crippen molar-refractivity contribution in [3.8, 4) is 11.3 Å². The fourth-order valence-corrected chi connectivity index (χ4v) is 4.88. The van der Waals surface area contributed by atoms with Crippen LogP contribution in [-0.4, -0.2) is 68.5 Å². The molecule has 2 aliphatic rings. The van der Waals surface area contributed by atoms with Gasteiger partial charge in [-0.25, -0.2) is 14.6 Å². The summed E-state index contributed by atoms with van der Waals surface area (Å²) in [6.07, 6.45) is 8.02. The Kier molecular flexibility index (Phi) is 8.56. The van der Waals surface area contributed by atoms with Gasteiger partial charge in [0.25, 0.3) is 0 Å². The molecule has 2 amide bonds. The Bertz CT molecular complexity index is 1250. The van der Waals surface area contributed by atoms with Crippen LogP contribution in [0.1, 0.15) is 84.7 Å². The normalized spacial score (nSPS) is 20.4. The molecule has 10 heteroatoms. The molecule has 2 aliphatic heterocycles. The predicted molar refractivity (Wildman–Crippen MR) is 156 cm³/mol.